The van der Waals surface area contributed by atoms with Gasteiger partial charge in [0.15, 0.2) is 17.3 Å². The van der Waals surface area contributed by atoms with Gasteiger partial charge in [-0.2, -0.15) is 0 Å². The smallest absolute Gasteiger partial charge is 0.262 e. The summed E-state index contributed by atoms with van der Waals surface area (Å²) >= 11 is 0. The van der Waals surface area contributed by atoms with Crippen LogP contribution in [0.4, 0.5) is 0 Å². The molecule has 1 atom stereocenters. The predicted molar refractivity (Wildman–Crippen MR) is 73.3 cm³/mol. The molecular formula is C16H14O5. The fourth-order valence-electron chi connectivity index (χ4n) is 2.55. The number of ether oxygens (including phenoxy) is 2. The van der Waals surface area contributed by atoms with E-state index < -0.39 is 5.78 Å². The van der Waals surface area contributed by atoms with E-state index in [-0.39, 0.29) is 29.2 Å². The van der Waals surface area contributed by atoms with E-state index in [2.05, 4.69) is 0 Å². The first-order valence-electron chi connectivity index (χ1n) is 6.63. The summed E-state index contributed by atoms with van der Waals surface area (Å²) in [6.07, 6.45) is 2.00. The van der Waals surface area contributed by atoms with Gasteiger partial charge in [-0.25, -0.2) is 0 Å². The predicted octanol–water partition coefficient (Wildman–Crippen LogP) is 2.18. The van der Waals surface area contributed by atoms with Gasteiger partial charge in [0.25, 0.3) is 5.78 Å². The van der Waals surface area contributed by atoms with E-state index in [1.54, 1.807) is 24.3 Å². The number of phenols is 1. The maximum absolute atomic E-state index is 12.2. The van der Waals surface area contributed by atoms with Crippen LogP contribution in [0.1, 0.15) is 24.5 Å². The summed E-state index contributed by atoms with van der Waals surface area (Å²) < 4.78 is 10.7. The Morgan fingerprint density at radius 1 is 1.24 bits per heavy atom. The Morgan fingerprint density at radius 3 is 2.62 bits per heavy atom. The molecule has 0 saturated carbocycles. The van der Waals surface area contributed by atoms with Crippen LogP contribution in [0.5, 0.6) is 5.75 Å². The molecule has 0 amide bonds. The Hall–Kier alpha value is -2.56. The van der Waals surface area contributed by atoms with Crippen LogP contribution >= 0.6 is 0 Å². The molecule has 0 bridgehead atoms. The van der Waals surface area contributed by atoms with Crippen molar-refractivity contribution in [3.63, 3.8) is 0 Å². The maximum Gasteiger partial charge on any atom is 0.262 e. The Morgan fingerprint density at radius 2 is 1.95 bits per heavy atom. The van der Waals surface area contributed by atoms with Crippen LogP contribution in [0.15, 0.2) is 47.4 Å². The Labute approximate surface area is 121 Å². The maximum atomic E-state index is 12.2. The lowest BCUT2D eigenvalue weighted by Gasteiger charge is -2.29. The van der Waals surface area contributed by atoms with Crippen molar-refractivity contribution in [3.05, 3.63) is 53.0 Å². The second-order valence-corrected chi connectivity index (χ2v) is 4.95. The normalized spacial score (nSPS) is 21.6. The molecule has 1 heterocycles. The van der Waals surface area contributed by atoms with Crippen LogP contribution < -0.4 is 0 Å². The molecule has 0 saturated heterocycles. The number of aromatic hydroxyl groups is 1. The van der Waals surface area contributed by atoms with Crippen molar-refractivity contribution in [2.24, 2.45) is 0 Å². The number of benzene rings is 1. The van der Waals surface area contributed by atoms with Crippen molar-refractivity contribution in [2.75, 3.05) is 7.11 Å². The van der Waals surface area contributed by atoms with Gasteiger partial charge in [0.1, 0.15) is 11.9 Å². The largest absolute Gasteiger partial charge is 0.508 e. The van der Waals surface area contributed by atoms with Gasteiger partial charge in [-0.05, 0) is 30.5 Å². The van der Waals surface area contributed by atoms with Crippen LogP contribution in [-0.4, -0.2) is 23.8 Å². The molecule has 5 nitrogen and oxygen atoms in total. The van der Waals surface area contributed by atoms with Crippen molar-refractivity contribution in [3.8, 4) is 5.75 Å². The molecule has 0 spiro atoms. The highest BCUT2D eigenvalue weighted by atomic mass is 16.5. The van der Waals surface area contributed by atoms with E-state index in [1.165, 1.54) is 13.2 Å². The van der Waals surface area contributed by atoms with E-state index in [1.807, 2.05) is 0 Å². The molecule has 1 unspecified atom stereocenters. The first-order valence-corrected chi connectivity index (χ1v) is 6.63. The van der Waals surface area contributed by atoms with Crippen molar-refractivity contribution >= 4 is 11.6 Å². The van der Waals surface area contributed by atoms with Crippen LogP contribution in [0.2, 0.25) is 0 Å². The molecule has 3 rings (SSSR count). The Bertz CT molecular complexity index is 666. The van der Waals surface area contributed by atoms with Gasteiger partial charge in [-0.15, -0.1) is 0 Å². The number of rotatable bonds is 2. The van der Waals surface area contributed by atoms with Crippen molar-refractivity contribution < 1.29 is 24.2 Å². The molecule has 21 heavy (non-hydrogen) atoms. The third-order valence-corrected chi connectivity index (χ3v) is 3.67. The third-order valence-electron chi connectivity index (χ3n) is 3.67. The molecule has 0 radical (unpaired) electrons. The monoisotopic (exact) mass is 286 g/mol. The molecular weight excluding hydrogens is 272 g/mol. The van der Waals surface area contributed by atoms with E-state index in [9.17, 15) is 14.7 Å². The first kappa shape index (κ1) is 13.4. The highest BCUT2D eigenvalue weighted by Crippen LogP contribution is 2.37. The van der Waals surface area contributed by atoms with Gasteiger partial charge in [-0.3, -0.25) is 9.59 Å². The number of hydrogen-bond donors (Lipinski definition) is 1. The van der Waals surface area contributed by atoms with Crippen LogP contribution in [0, 0.1) is 0 Å². The van der Waals surface area contributed by atoms with Crippen molar-refractivity contribution in [2.45, 2.75) is 18.9 Å². The molecule has 1 aliphatic carbocycles. The van der Waals surface area contributed by atoms with Crippen LogP contribution in [0.25, 0.3) is 0 Å². The minimum atomic E-state index is -0.393. The van der Waals surface area contributed by atoms with Gasteiger partial charge < -0.3 is 14.6 Å². The molecule has 1 N–H and O–H groups in total. The molecule has 5 heteroatoms. The van der Waals surface area contributed by atoms with Gasteiger partial charge >= 0.3 is 0 Å². The van der Waals surface area contributed by atoms with Gasteiger partial charge in [0, 0.05) is 11.6 Å². The highest BCUT2D eigenvalue weighted by Gasteiger charge is 2.36. The number of Topliss-reactive ketones (excluding diaryl/α,β-unsaturated/α-hetero) is 1. The van der Waals surface area contributed by atoms with E-state index >= 15 is 0 Å². The lowest BCUT2D eigenvalue weighted by Crippen LogP contribution is -2.26. The second kappa shape index (κ2) is 5.09. The standard InChI is InChI=1S/C16H14O5/c1-20-14-8-12(18)11-6-7-13(21-16(11)15(14)19)9-2-4-10(17)5-3-9/h2-5,8,13,17H,6-7H2,1H3. The highest BCUT2D eigenvalue weighted by molar-refractivity contribution is 6.21. The minimum Gasteiger partial charge on any atom is -0.508 e. The fourth-order valence-corrected chi connectivity index (χ4v) is 2.55. The van der Waals surface area contributed by atoms with Crippen LogP contribution in [-0.2, 0) is 19.1 Å². The number of phenolic OH excluding ortho intramolecular Hbond substituents is 1. The average molecular weight is 286 g/mol. The third kappa shape index (κ3) is 2.31. The SMILES string of the molecule is COC1=CC(=O)C2=C(OC(c3ccc(O)cc3)CC2)C1=O. The van der Waals surface area contributed by atoms with Gasteiger partial charge in [-0.1, -0.05) is 12.1 Å². The summed E-state index contributed by atoms with van der Waals surface area (Å²) in [5.41, 5.74) is 1.27. The molecule has 0 fully saturated rings. The van der Waals surface area contributed by atoms with E-state index in [0.717, 1.165) is 5.56 Å². The summed E-state index contributed by atoms with van der Waals surface area (Å²) in [6.45, 7) is 0. The molecule has 1 aromatic rings. The summed E-state index contributed by atoms with van der Waals surface area (Å²) in [6, 6.07) is 6.62. The van der Waals surface area contributed by atoms with E-state index in [0.29, 0.717) is 18.4 Å². The first-order chi connectivity index (χ1) is 10.1. The van der Waals surface area contributed by atoms with Crippen molar-refractivity contribution in [1.82, 2.24) is 0 Å². The molecule has 108 valence electrons. The Balaban J connectivity index is 1.89. The topological polar surface area (TPSA) is 72.8 Å². The lowest BCUT2D eigenvalue weighted by atomic mass is 9.90. The van der Waals surface area contributed by atoms with Crippen LogP contribution in [0.3, 0.4) is 0 Å². The summed E-state index contributed by atoms with van der Waals surface area (Å²) in [5.74, 6) is -0.363. The van der Waals surface area contributed by atoms with Gasteiger partial charge in [0.2, 0.25) is 0 Å². The zero-order valence-electron chi connectivity index (χ0n) is 11.5. The van der Waals surface area contributed by atoms with Crippen molar-refractivity contribution in [1.29, 1.82) is 0 Å². The number of ketones is 2. The molecule has 1 aliphatic heterocycles. The number of hydrogen-bond acceptors (Lipinski definition) is 5. The number of carbonyl (C=O) groups excluding carboxylic acids is 2. The van der Waals surface area contributed by atoms with E-state index in [4.69, 9.17) is 9.47 Å². The van der Waals surface area contributed by atoms with Gasteiger partial charge in [0.05, 0.1) is 7.11 Å². The second-order valence-electron chi connectivity index (χ2n) is 4.95. The molecule has 0 aromatic heterocycles. The summed E-state index contributed by atoms with van der Waals surface area (Å²) in [7, 11) is 1.35. The molecule has 2 aliphatic rings. The zero-order valence-corrected chi connectivity index (χ0v) is 11.5. The number of methoxy groups -OCH3 is 1. The number of carbonyl (C=O) groups is 2. The lowest BCUT2D eigenvalue weighted by molar-refractivity contribution is -0.123. The zero-order chi connectivity index (χ0) is 15.0. The quantitative estimate of drug-likeness (QED) is 0.844. The molecule has 1 aromatic carbocycles. The summed E-state index contributed by atoms with van der Waals surface area (Å²) in [5, 5.41) is 9.31. The number of allylic oxidation sites excluding steroid dienone is 2. The minimum absolute atomic E-state index is 0.00473. The fraction of sp³-hybridized carbons (Fsp3) is 0.250. The Kier molecular flexibility index (Phi) is 3.25. The summed E-state index contributed by atoms with van der Waals surface area (Å²) in [4.78, 5) is 24.2. The average Bonchev–Trinajstić information content (AvgIpc) is 2.51.